The highest BCUT2D eigenvalue weighted by atomic mass is 32.2. The van der Waals surface area contributed by atoms with Crippen molar-refractivity contribution >= 4 is 16.0 Å². The summed E-state index contributed by atoms with van der Waals surface area (Å²) in [5.41, 5.74) is 1.65. The zero-order chi connectivity index (χ0) is 17.7. The Kier molecular flexibility index (Phi) is 5.75. The van der Waals surface area contributed by atoms with Gasteiger partial charge >= 0.3 is 5.97 Å². The number of hydrogen-bond acceptors (Lipinski definition) is 3. The van der Waals surface area contributed by atoms with Crippen LogP contribution in [0.2, 0.25) is 0 Å². The van der Waals surface area contributed by atoms with Crippen LogP contribution in [0.5, 0.6) is 0 Å². The number of carboxylic acids is 1. The van der Waals surface area contributed by atoms with Gasteiger partial charge in [0.05, 0.1) is 11.3 Å². The molecule has 0 radical (unpaired) electrons. The lowest BCUT2D eigenvalue weighted by Crippen LogP contribution is -2.30. The van der Waals surface area contributed by atoms with E-state index < -0.39 is 16.0 Å². The van der Waals surface area contributed by atoms with E-state index in [-0.39, 0.29) is 17.2 Å². The SMILES string of the molecule is CC(CN(C)S(=O)(=O)c1ccc(CC(=O)O)cc1)c1ccccc1. The highest BCUT2D eigenvalue weighted by Gasteiger charge is 2.22. The summed E-state index contributed by atoms with van der Waals surface area (Å²) in [6, 6.07) is 15.7. The largest absolute Gasteiger partial charge is 0.481 e. The van der Waals surface area contributed by atoms with Crippen molar-refractivity contribution in [2.75, 3.05) is 13.6 Å². The third kappa shape index (κ3) is 4.43. The summed E-state index contributed by atoms with van der Waals surface area (Å²) in [5, 5.41) is 8.77. The van der Waals surface area contributed by atoms with Crippen molar-refractivity contribution < 1.29 is 18.3 Å². The summed E-state index contributed by atoms with van der Waals surface area (Å²) in [7, 11) is -2.05. The monoisotopic (exact) mass is 347 g/mol. The Hall–Kier alpha value is -2.18. The average Bonchev–Trinajstić information content (AvgIpc) is 2.55. The molecular weight excluding hydrogens is 326 g/mol. The molecule has 0 saturated carbocycles. The molecule has 2 aromatic rings. The van der Waals surface area contributed by atoms with Crippen molar-refractivity contribution in [2.45, 2.75) is 24.2 Å². The van der Waals surface area contributed by atoms with E-state index in [9.17, 15) is 13.2 Å². The molecule has 128 valence electrons. The summed E-state index contributed by atoms with van der Waals surface area (Å²) in [5.74, 6) is -0.878. The van der Waals surface area contributed by atoms with Gasteiger partial charge in [0.25, 0.3) is 0 Å². The molecule has 2 aromatic carbocycles. The van der Waals surface area contributed by atoms with Crippen molar-refractivity contribution in [3.05, 3.63) is 65.7 Å². The predicted octanol–water partition coefficient (Wildman–Crippen LogP) is 2.74. The van der Waals surface area contributed by atoms with E-state index in [0.29, 0.717) is 12.1 Å². The Bertz CT molecular complexity index is 786. The topological polar surface area (TPSA) is 74.7 Å². The fraction of sp³-hybridized carbons (Fsp3) is 0.278. The highest BCUT2D eigenvalue weighted by Crippen LogP contribution is 2.21. The molecule has 0 heterocycles. The predicted molar refractivity (Wildman–Crippen MR) is 92.5 cm³/mol. The molecule has 0 aliphatic rings. The number of aliphatic carboxylic acids is 1. The molecule has 1 atom stereocenters. The molecule has 1 unspecified atom stereocenters. The summed E-state index contributed by atoms with van der Waals surface area (Å²) in [6.45, 7) is 2.35. The van der Waals surface area contributed by atoms with Crippen molar-refractivity contribution in [2.24, 2.45) is 0 Å². The summed E-state index contributed by atoms with van der Waals surface area (Å²) >= 11 is 0. The molecule has 0 fully saturated rings. The molecule has 5 nitrogen and oxygen atoms in total. The first-order valence-electron chi connectivity index (χ1n) is 7.62. The number of carbonyl (C=O) groups is 1. The van der Waals surface area contributed by atoms with Gasteiger partial charge in [-0.2, -0.15) is 0 Å². The van der Waals surface area contributed by atoms with Gasteiger partial charge in [0.2, 0.25) is 10.0 Å². The van der Waals surface area contributed by atoms with E-state index in [1.807, 2.05) is 37.3 Å². The quantitative estimate of drug-likeness (QED) is 0.836. The molecule has 0 amide bonds. The van der Waals surface area contributed by atoms with Gasteiger partial charge in [-0.3, -0.25) is 4.79 Å². The first-order chi connectivity index (χ1) is 11.3. The lowest BCUT2D eigenvalue weighted by atomic mass is 10.0. The van der Waals surface area contributed by atoms with E-state index in [2.05, 4.69) is 0 Å². The van der Waals surface area contributed by atoms with Crippen LogP contribution in [0.4, 0.5) is 0 Å². The van der Waals surface area contributed by atoms with Gasteiger partial charge in [-0.05, 0) is 29.2 Å². The van der Waals surface area contributed by atoms with E-state index >= 15 is 0 Å². The number of nitrogens with zero attached hydrogens (tertiary/aromatic N) is 1. The fourth-order valence-corrected chi connectivity index (χ4v) is 3.76. The fourth-order valence-electron chi connectivity index (χ4n) is 2.50. The van der Waals surface area contributed by atoms with Gasteiger partial charge in [0.1, 0.15) is 0 Å². The molecular formula is C18H21NO4S. The number of likely N-dealkylation sites (N-methyl/N-ethyl adjacent to an activating group) is 1. The zero-order valence-corrected chi connectivity index (χ0v) is 14.5. The number of benzene rings is 2. The molecule has 0 spiro atoms. The summed E-state index contributed by atoms with van der Waals surface area (Å²) in [4.78, 5) is 10.9. The van der Waals surface area contributed by atoms with E-state index in [0.717, 1.165) is 5.56 Å². The van der Waals surface area contributed by atoms with Gasteiger partial charge in [-0.15, -0.1) is 0 Å². The maximum atomic E-state index is 12.6. The van der Waals surface area contributed by atoms with Crippen LogP contribution in [0.25, 0.3) is 0 Å². The highest BCUT2D eigenvalue weighted by molar-refractivity contribution is 7.89. The van der Waals surface area contributed by atoms with Crippen LogP contribution in [-0.2, 0) is 21.2 Å². The maximum Gasteiger partial charge on any atom is 0.307 e. The standard InChI is InChI=1S/C18H21NO4S/c1-14(16-6-4-3-5-7-16)13-19(2)24(22,23)17-10-8-15(9-11-17)12-18(20)21/h3-11,14H,12-13H2,1-2H3,(H,20,21). The number of rotatable bonds is 7. The van der Waals surface area contributed by atoms with Gasteiger partial charge in [0.15, 0.2) is 0 Å². The second-order valence-electron chi connectivity index (χ2n) is 5.81. The minimum Gasteiger partial charge on any atom is -0.481 e. The minimum absolute atomic E-state index is 0.0669. The smallest absolute Gasteiger partial charge is 0.307 e. The average molecular weight is 347 g/mol. The van der Waals surface area contributed by atoms with Gasteiger partial charge in [-0.25, -0.2) is 12.7 Å². The van der Waals surface area contributed by atoms with Crippen molar-refractivity contribution in [3.8, 4) is 0 Å². The molecule has 24 heavy (non-hydrogen) atoms. The second kappa shape index (κ2) is 7.59. The number of carboxylic acid groups (broad SMARTS) is 1. The summed E-state index contributed by atoms with van der Waals surface area (Å²) in [6.07, 6.45) is -0.124. The lowest BCUT2D eigenvalue weighted by molar-refractivity contribution is -0.136. The van der Waals surface area contributed by atoms with E-state index in [4.69, 9.17) is 5.11 Å². The number of hydrogen-bond donors (Lipinski definition) is 1. The molecule has 1 N–H and O–H groups in total. The van der Waals surface area contributed by atoms with Crippen LogP contribution in [0, 0.1) is 0 Å². The molecule has 0 bridgehead atoms. The van der Waals surface area contributed by atoms with Crippen molar-refractivity contribution in [1.82, 2.24) is 4.31 Å². The number of sulfonamides is 1. The van der Waals surface area contributed by atoms with Crippen molar-refractivity contribution in [1.29, 1.82) is 0 Å². The Labute approximate surface area is 142 Å². The molecule has 0 aliphatic heterocycles. The molecule has 0 aromatic heterocycles. The van der Waals surface area contributed by atoms with E-state index in [1.54, 1.807) is 7.05 Å². The Morgan fingerprint density at radius 1 is 1.08 bits per heavy atom. The van der Waals surface area contributed by atoms with Crippen LogP contribution in [0.15, 0.2) is 59.5 Å². The third-order valence-electron chi connectivity index (χ3n) is 3.89. The van der Waals surface area contributed by atoms with Gasteiger partial charge in [0, 0.05) is 13.6 Å². The molecule has 0 aliphatic carbocycles. The Morgan fingerprint density at radius 3 is 2.21 bits per heavy atom. The van der Waals surface area contributed by atoms with Gasteiger partial charge < -0.3 is 5.11 Å². The molecule has 2 rings (SSSR count). The van der Waals surface area contributed by atoms with Crippen LogP contribution in [0.1, 0.15) is 24.0 Å². The minimum atomic E-state index is -3.60. The second-order valence-corrected chi connectivity index (χ2v) is 7.86. The van der Waals surface area contributed by atoms with Gasteiger partial charge in [-0.1, -0.05) is 49.4 Å². The summed E-state index contributed by atoms with van der Waals surface area (Å²) < 4.78 is 26.6. The Balaban J connectivity index is 2.12. The normalized spacial score (nSPS) is 13.0. The molecule has 0 saturated heterocycles. The van der Waals surface area contributed by atoms with Crippen LogP contribution >= 0.6 is 0 Å². The zero-order valence-electron chi connectivity index (χ0n) is 13.7. The molecule has 6 heteroatoms. The van der Waals surface area contributed by atoms with Crippen LogP contribution in [0.3, 0.4) is 0 Å². The van der Waals surface area contributed by atoms with Crippen LogP contribution < -0.4 is 0 Å². The third-order valence-corrected chi connectivity index (χ3v) is 5.72. The lowest BCUT2D eigenvalue weighted by Gasteiger charge is -2.21. The van der Waals surface area contributed by atoms with E-state index in [1.165, 1.54) is 28.6 Å². The maximum absolute atomic E-state index is 12.6. The first-order valence-corrected chi connectivity index (χ1v) is 9.06. The first kappa shape index (κ1) is 18.2. The van der Waals surface area contributed by atoms with Crippen molar-refractivity contribution in [3.63, 3.8) is 0 Å². The Morgan fingerprint density at radius 2 is 1.67 bits per heavy atom. The van der Waals surface area contributed by atoms with Crippen LogP contribution in [-0.4, -0.2) is 37.4 Å².